The van der Waals surface area contributed by atoms with E-state index in [0.717, 1.165) is 0 Å². The fourth-order valence-corrected chi connectivity index (χ4v) is 2.56. The summed E-state index contributed by atoms with van der Waals surface area (Å²) in [5, 5.41) is 0. The van der Waals surface area contributed by atoms with Crippen molar-refractivity contribution < 1.29 is 0 Å². The van der Waals surface area contributed by atoms with Crippen molar-refractivity contribution in [2.75, 3.05) is 0 Å². The summed E-state index contributed by atoms with van der Waals surface area (Å²) in [5.74, 6) is 0. The normalized spacial score (nSPS) is 17.1. The maximum absolute atomic E-state index is 2.46. The molecule has 0 bridgehead atoms. The lowest BCUT2D eigenvalue weighted by Gasteiger charge is -2.31. The topological polar surface area (TPSA) is 0 Å². The average Bonchev–Trinajstić information content (AvgIpc) is 2.31. The molecule has 0 nitrogen and oxygen atoms in total. The standard InChI is InChI=1S/C16H22/c1-13-9-11-15(12-10-13)16(2,3)14-7-5-4-6-8-14/h7,9-12H,4-6,8H2,1-3H3. The van der Waals surface area contributed by atoms with E-state index in [9.17, 15) is 0 Å². The number of benzene rings is 1. The van der Waals surface area contributed by atoms with Gasteiger partial charge in [-0.3, -0.25) is 0 Å². The highest BCUT2D eigenvalue weighted by molar-refractivity contribution is 5.36. The van der Waals surface area contributed by atoms with Gasteiger partial charge in [0.1, 0.15) is 0 Å². The van der Waals surface area contributed by atoms with E-state index in [1.165, 1.54) is 36.8 Å². The Hall–Kier alpha value is -1.04. The van der Waals surface area contributed by atoms with Crippen molar-refractivity contribution in [1.29, 1.82) is 0 Å². The zero-order chi connectivity index (χ0) is 11.6. The predicted molar refractivity (Wildman–Crippen MR) is 70.8 cm³/mol. The zero-order valence-corrected chi connectivity index (χ0v) is 10.7. The third-order valence-corrected chi connectivity index (χ3v) is 3.87. The van der Waals surface area contributed by atoms with Crippen LogP contribution in [-0.2, 0) is 5.41 Å². The van der Waals surface area contributed by atoms with E-state index in [2.05, 4.69) is 51.1 Å². The van der Waals surface area contributed by atoms with E-state index in [-0.39, 0.29) is 5.41 Å². The smallest absolute Gasteiger partial charge is 0.0105 e. The quantitative estimate of drug-likeness (QED) is 0.622. The molecule has 0 radical (unpaired) electrons. The molecule has 0 saturated heterocycles. The minimum Gasteiger partial charge on any atom is -0.0845 e. The molecule has 1 aliphatic carbocycles. The van der Waals surface area contributed by atoms with Gasteiger partial charge < -0.3 is 0 Å². The van der Waals surface area contributed by atoms with Crippen molar-refractivity contribution in [1.82, 2.24) is 0 Å². The number of rotatable bonds is 2. The molecule has 1 aliphatic rings. The van der Waals surface area contributed by atoms with Crippen LogP contribution in [0.5, 0.6) is 0 Å². The molecule has 0 heteroatoms. The van der Waals surface area contributed by atoms with E-state index < -0.39 is 0 Å². The van der Waals surface area contributed by atoms with Crippen molar-refractivity contribution in [2.24, 2.45) is 0 Å². The highest BCUT2D eigenvalue weighted by atomic mass is 14.3. The number of hydrogen-bond acceptors (Lipinski definition) is 0. The molecule has 86 valence electrons. The Bertz CT molecular complexity index is 379. The van der Waals surface area contributed by atoms with Crippen molar-refractivity contribution in [3.8, 4) is 0 Å². The van der Waals surface area contributed by atoms with Crippen LogP contribution in [0.15, 0.2) is 35.9 Å². The van der Waals surface area contributed by atoms with Crippen LogP contribution in [0, 0.1) is 6.92 Å². The molecular weight excluding hydrogens is 192 g/mol. The van der Waals surface area contributed by atoms with E-state index in [1.807, 2.05) is 0 Å². The highest BCUT2D eigenvalue weighted by Crippen LogP contribution is 2.36. The summed E-state index contributed by atoms with van der Waals surface area (Å²) in [6, 6.07) is 9.01. The summed E-state index contributed by atoms with van der Waals surface area (Å²) >= 11 is 0. The van der Waals surface area contributed by atoms with Gasteiger partial charge in [-0.1, -0.05) is 55.3 Å². The molecule has 0 N–H and O–H groups in total. The Balaban J connectivity index is 2.30. The molecule has 0 fully saturated rings. The van der Waals surface area contributed by atoms with E-state index in [0.29, 0.717) is 0 Å². The molecule has 0 atom stereocenters. The molecule has 1 aromatic carbocycles. The van der Waals surface area contributed by atoms with Gasteiger partial charge in [0.05, 0.1) is 0 Å². The first kappa shape index (κ1) is 11.4. The largest absolute Gasteiger partial charge is 0.0845 e. The summed E-state index contributed by atoms with van der Waals surface area (Å²) in [5.41, 5.74) is 4.64. The first-order valence-corrected chi connectivity index (χ1v) is 6.37. The summed E-state index contributed by atoms with van der Waals surface area (Å²) in [6.45, 7) is 6.86. The van der Waals surface area contributed by atoms with Crippen LogP contribution in [0.1, 0.15) is 50.7 Å². The fourth-order valence-electron chi connectivity index (χ4n) is 2.56. The zero-order valence-electron chi connectivity index (χ0n) is 10.7. The van der Waals surface area contributed by atoms with Gasteiger partial charge in [-0.05, 0) is 38.2 Å². The van der Waals surface area contributed by atoms with Crippen molar-refractivity contribution in [2.45, 2.75) is 51.9 Å². The SMILES string of the molecule is Cc1ccc(C(C)(C)C2=CCCCC2)cc1. The molecule has 0 unspecified atom stereocenters. The second-order valence-electron chi connectivity index (χ2n) is 5.47. The van der Waals surface area contributed by atoms with Crippen LogP contribution >= 0.6 is 0 Å². The minimum atomic E-state index is 0.216. The summed E-state index contributed by atoms with van der Waals surface area (Å²) < 4.78 is 0. The Labute approximate surface area is 99.4 Å². The Morgan fingerprint density at radius 1 is 1.00 bits per heavy atom. The molecule has 0 aromatic heterocycles. The maximum atomic E-state index is 2.46. The van der Waals surface area contributed by atoms with E-state index >= 15 is 0 Å². The summed E-state index contributed by atoms with van der Waals surface area (Å²) in [4.78, 5) is 0. The summed E-state index contributed by atoms with van der Waals surface area (Å²) in [6.07, 6.45) is 7.74. The Kier molecular flexibility index (Phi) is 3.18. The number of hydrogen-bond donors (Lipinski definition) is 0. The van der Waals surface area contributed by atoms with E-state index in [4.69, 9.17) is 0 Å². The van der Waals surface area contributed by atoms with Crippen LogP contribution in [0.2, 0.25) is 0 Å². The second kappa shape index (κ2) is 4.45. The van der Waals surface area contributed by atoms with E-state index in [1.54, 1.807) is 5.57 Å². The van der Waals surface area contributed by atoms with Crippen LogP contribution < -0.4 is 0 Å². The first-order chi connectivity index (χ1) is 7.60. The minimum absolute atomic E-state index is 0.216. The third kappa shape index (κ3) is 2.21. The van der Waals surface area contributed by atoms with Gasteiger partial charge in [-0.25, -0.2) is 0 Å². The maximum Gasteiger partial charge on any atom is 0.0105 e. The molecule has 0 heterocycles. The van der Waals surface area contributed by atoms with Gasteiger partial charge in [0.25, 0.3) is 0 Å². The van der Waals surface area contributed by atoms with Crippen LogP contribution in [-0.4, -0.2) is 0 Å². The molecule has 0 aliphatic heterocycles. The lowest BCUT2D eigenvalue weighted by atomic mass is 9.73. The average molecular weight is 214 g/mol. The first-order valence-electron chi connectivity index (χ1n) is 6.37. The van der Waals surface area contributed by atoms with Gasteiger partial charge in [0.2, 0.25) is 0 Å². The van der Waals surface area contributed by atoms with Crippen LogP contribution in [0.3, 0.4) is 0 Å². The van der Waals surface area contributed by atoms with Crippen LogP contribution in [0.4, 0.5) is 0 Å². The molecule has 0 amide bonds. The lowest BCUT2D eigenvalue weighted by Crippen LogP contribution is -2.21. The Morgan fingerprint density at radius 2 is 1.69 bits per heavy atom. The monoisotopic (exact) mass is 214 g/mol. The summed E-state index contributed by atoms with van der Waals surface area (Å²) in [7, 11) is 0. The van der Waals surface area contributed by atoms with Gasteiger partial charge in [-0.2, -0.15) is 0 Å². The van der Waals surface area contributed by atoms with Gasteiger partial charge in [0, 0.05) is 5.41 Å². The highest BCUT2D eigenvalue weighted by Gasteiger charge is 2.25. The third-order valence-electron chi connectivity index (χ3n) is 3.87. The van der Waals surface area contributed by atoms with Gasteiger partial charge in [-0.15, -0.1) is 0 Å². The van der Waals surface area contributed by atoms with Crippen molar-refractivity contribution in [3.05, 3.63) is 47.0 Å². The van der Waals surface area contributed by atoms with Crippen molar-refractivity contribution in [3.63, 3.8) is 0 Å². The molecule has 16 heavy (non-hydrogen) atoms. The molecule has 1 aromatic rings. The molecule has 0 saturated carbocycles. The second-order valence-corrected chi connectivity index (χ2v) is 5.47. The number of allylic oxidation sites excluding steroid dienone is 2. The molecular formula is C16H22. The van der Waals surface area contributed by atoms with Gasteiger partial charge in [0.15, 0.2) is 0 Å². The van der Waals surface area contributed by atoms with Gasteiger partial charge >= 0.3 is 0 Å². The Morgan fingerprint density at radius 3 is 2.25 bits per heavy atom. The predicted octanol–water partition coefficient (Wildman–Crippen LogP) is 4.77. The lowest BCUT2D eigenvalue weighted by molar-refractivity contribution is 0.548. The molecule has 0 spiro atoms. The fraction of sp³-hybridized carbons (Fsp3) is 0.500. The van der Waals surface area contributed by atoms with Crippen molar-refractivity contribution >= 4 is 0 Å². The molecule has 2 rings (SSSR count). The number of aryl methyl sites for hydroxylation is 1. The van der Waals surface area contributed by atoms with Crippen LogP contribution in [0.25, 0.3) is 0 Å².